The Morgan fingerprint density at radius 2 is 1.84 bits per heavy atom. The van der Waals surface area contributed by atoms with E-state index in [1.54, 1.807) is 11.1 Å². The van der Waals surface area contributed by atoms with Crippen molar-refractivity contribution in [2.45, 2.75) is 33.2 Å². The number of hydrogen-bond acceptors (Lipinski definition) is 1. The molecule has 0 saturated carbocycles. The number of aryl methyl sites for hydroxylation is 1. The number of benzene rings is 2. The number of nitrogens with one attached hydrogen (secondary N) is 1. The van der Waals surface area contributed by atoms with Crippen LogP contribution in [-0.4, -0.2) is 6.54 Å². The van der Waals surface area contributed by atoms with Gasteiger partial charge in [0.15, 0.2) is 0 Å². The molecule has 1 heterocycles. The van der Waals surface area contributed by atoms with Crippen LogP contribution in [0.3, 0.4) is 0 Å². The Bertz CT molecular complexity index is 957. The molecule has 2 aliphatic carbocycles. The first kappa shape index (κ1) is 15.2. The molecule has 5 rings (SSSR count). The van der Waals surface area contributed by atoms with Crippen LogP contribution in [-0.2, 0) is 6.54 Å². The van der Waals surface area contributed by atoms with Crippen molar-refractivity contribution in [3.63, 3.8) is 0 Å². The van der Waals surface area contributed by atoms with Crippen LogP contribution in [0.15, 0.2) is 59.7 Å². The van der Waals surface area contributed by atoms with Crippen molar-refractivity contribution < 1.29 is 0 Å². The van der Waals surface area contributed by atoms with Gasteiger partial charge >= 0.3 is 0 Å². The Balaban J connectivity index is 1.87. The largest absolute Gasteiger partial charge is 0.309 e. The summed E-state index contributed by atoms with van der Waals surface area (Å²) in [4.78, 5) is 0. The van der Waals surface area contributed by atoms with Crippen molar-refractivity contribution in [2.24, 2.45) is 11.8 Å². The van der Waals surface area contributed by atoms with Crippen molar-refractivity contribution in [1.82, 2.24) is 5.32 Å². The van der Waals surface area contributed by atoms with Gasteiger partial charge in [-0.3, -0.25) is 0 Å². The SMILES string of the molecule is CC1=CC2CC=CCC2C2=C1CNCc1c(C)cc3ccccc3c12. The molecule has 3 aliphatic rings. The van der Waals surface area contributed by atoms with E-state index in [9.17, 15) is 0 Å². The molecule has 2 aromatic rings. The molecule has 126 valence electrons. The van der Waals surface area contributed by atoms with Crippen molar-refractivity contribution >= 4 is 16.3 Å². The summed E-state index contributed by atoms with van der Waals surface area (Å²) in [6.45, 7) is 6.56. The molecule has 1 N–H and O–H groups in total. The van der Waals surface area contributed by atoms with Crippen LogP contribution in [0.5, 0.6) is 0 Å². The lowest BCUT2D eigenvalue weighted by Gasteiger charge is -2.36. The molecule has 1 aliphatic heterocycles. The van der Waals surface area contributed by atoms with Crippen molar-refractivity contribution in [2.75, 3.05) is 6.54 Å². The summed E-state index contributed by atoms with van der Waals surface area (Å²) in [7, 11) is 0. The van der Waals surface area contributed by atoms with E-state index in [0.29, 0.717) is 11.8 Å². The van der Waals surface area contributed by atoms with E-state index >= 15 is 0 Å². The highest BCUT2D eigenvalue weighted by molar-refractivity contribution is 5.98. The molecule has 0 aromatic heterocycles. The van der Waals surface area contributed by atoms with E-state index in [2.05, 4.69) is 67.7 Å². The van der Waals surface area contributed by atoms with E-state index < -0.39 is 0 Å². The molecule has 2 atom stereocenters. The zero-order valence-electron chi connectivity index (χ0n) is 15.1. The molecule has 0 amide bonds. The maximum Gasteiger partial charge on any atom is 0.0217 e. The molecule has 0 spiro atoms. The Morgan fingerprint density at radius 1 is 1.00 bits per heavy atom. The van der Waals surface area contributed by atoms with E-state index in [1.807, 2.05) is 0 Å². The third-order valence-electron chi connectivity index (χ3n) is 6.37. The average molecular weight is 327 g/mol. The van der Waals surface area contributed by atoms with Gasteiger partial charge in [-0.1, -0.05) is 48.6 Å². The number of fused-ring (bicyclic) bond motifs is 6. The smallest absolute Gasteiger partial charge is 0.0217 e. The standard InChI is InChI=1S/C24H25N/c1-15-11-17-7-3-5-9-19(17)23-21(15)13-25-14-22-16(2)12-18-8-4-6-10-20(18)24(22)23/h3-7,9,11-12,18,20,25H,8,10,13-14H2,1-2H3. The quantitative estimate of drug-likeness (QED) is 0.626. The zero-order chi connectivity index (χ0) is 17.0. The second-order valence-electron chi connectivity index (χ2n) is 7.83. The second kappa shape index (κ2) is 5.71. The average Bonchev–Trinajstić information content (AvgIpc) is 2.83. The lowest BCUT2D eigenvalue weighted by Crippen LogP contribution is -2.24. The molecule has 0 fully saturated rings. The Morgan fingerprint density at radius 3 is 2.76 bits per heavy atom. The van der Waals surface area contributed by atoms with Crippen LogP contribution >= 0.6 is 0 Å². The monoisotopic (exact) mass is 327 g/mol. The Kier molecular flexibility index (Phi) is 3.46. The van der Waals surface area contributed by atoms with Gasteiger partial charge in [-0.2, -0.15) is 0 Å². The van der Waals surface area contributed by atoms with Crippen LogP contribution in [0, 0.1) is 18.8 Å². The first-order valence-corrected chi connectivity index (χ1v) is 9.53. The number of rotatable bonds is 0. The molecule has 2 unspecified atom stereocenters. The first-order valence-electron chi connectivity index (χ1n) is 9.53. The minimum atomic E-state index is 0.632. The second-order valence-corrected chi connectivity index (χ2v) is 7.83. The van der Waals surface area contributed by atoms with Crippen molar-refractivity contribution in [3.8, 4) is 0 Å². The fourth-order valence-corrected chi connectivity index (χ4v) is 5.16. The highest BCUT2D eigenvalue weighted by Gasteiger charge is 2.34. The molecule has 0 saturated heterocycles. The van der Waals surface area contributed by atoms with Gasteiger partial charge in [0.1, 0.15) is 0 Å². The fraction of sp³-hybridized carbons (Fsp3) is 0.333. The van der Waals surface area contributed by atoms with Gasteiger partial charge in [-0.05, 0) is 82.7 Å². The van der Waals surface area contributed by atoms with E-state index in [1.165, 1.54) is 45.9 Å². The lowest BCUT2D eigenvalue weighted by molar-refractivity contribution is 0.468. The predicted octanol–water partition coefficient (Wildman–Crippen LogP) is 5.55. The topological polar surface area (TPSA) is 12.0 Å². The summed E-state index contributed by atoms with van der Waals surface area (Å²) in [6, 6.07) is 11.3. The fourth-order valence-electron chi connectivity index (χ4n) is 5.16. The third-order valence-corrected chi connectivity index (χ3v) is 6.37. The zero-order valence-corrected chi connectivity index (χ0v) is 15.1. The lowest BCUT2D eigenvalue weighted by atomic mass is 9.68. The van der Waals surface area contributed by atoms with Gasteiger partial charge in [-0.25, -0.2) is 0 Å². The third kappa shape index (κ3) is 2.26. The molecule has 1 heteroatoms. The molecular formula is C24H25N. The number of allylic oxidation sites excluding steroid dienone is 4. The summed E-state index contributed by atoms with van der Waals surface area (Å²) >= 11 is 0. The summed E-state index contributed by atoms with van der Waals surface area (Å²) in [5.41, 5.74) is 9.13. The van der Waals surface area contributed by atoms with Gasteiger partial charge < -0.3 is 5.32 Å². The summed E-state index contributed by atoms with van der Waals surface area (Å²) in [6.07, 6.45) is 9.68. The van der Waals surface area contributed by atoms with Crippen LogP contribution < -0.4 is 5.32 Å². The maximum atomic E-state index is 3.72. The van der Waals surface area contributed by atoms with Crippen molar-refractivity contribution in [1.29, 1.82) is 0 Å². The molecule has 0 radical (unpaired) electrons. The van der Waals surface area contributed by atoms with Gasteiger partial charge in [0.25, 0.3) is 0 Å². The highest BCUT2D eigenvalue weighted by atomic mass is 14.9. The van der Waals surface area contributed by atoms with Crippen molar-refractivity contribution in [3.05, 3.63) is 76.4 Å². The summed E-state index contributed by atoms with van der Waals surface area (Å²) in [5.74, 6) is 1.29. The van der Waals surface area contributed by atoms with Crippen LogP contribution in [0.25, 0.3) is 16.3 Å². The highest BCUT2D eigenvalue weighted by Crippen LogP contribution is 2.48. The first-order chi connectivity index (χ1) is 12.2. The minimum absolute atomic E-state index is 0.632. The van der Waals surface area contributed by atoms with Gasteiger partial charge in [0.2, 0.25) is 0 Å². The van der Waals surface area contributed by atoms with Gasteiger partial charge in [0.05, 0.1) is 0 Å². The summed E-state index contributed by atoms with van der Waals surface area (Å²) in [5, 5.41) is 6.53. The summed E-state index contributed by atoms with van der Waals surface area (Å²) < 4.78 is 0. The Labute approximate surface area is 150 Å². The van der Waals surface area contributed by atoms with Gasteiger partial charge in [-0.15, -0.1) is 0 Å². The molecular weight excluding hydrogens is 302 g/mol. The number of hydrogen-bond donors (Lipinski definition) is 1. The van der Waals surface area contributed by atoms with E-state index in [-0.39, 0.29) is 0 Å². The minimum Gasteiger partial charge on any atom is -0.309 e. The van der Waals surface area contributed by atoms with E-state index in [0.717, 1.165) is 13.1 Å². The molecule has 1 nitrogen and oxygen atoms in total. The van der Waals surface area contributed by atoms with Crippen LogP contribution in [0.2, 0.25) is 0 Å². The molecule has 25 heavy (non-hydrogen) atoms. The maximum absolute atomic E-state index is 3.72. The molecule has 2 aromatic carbocycles. The Hall–Kier alpha value is -2.12. The predicted molar refractivity (Wildman–Crippen MR) is 106 cm³/mol. The van der Waals surface area contributed by atoms with Gasteiger partial charge in [0, 0.05) is 13.1 Å². The normalized spacial score (nSPS) is 25.1. The van der Waals surface area contributed by atoms with E-state index in [4.69, 9.17) is 0 Å². The van der Waals surface area contributed by atoms with Crippen LogP contribution in [0.1, 0.15) is 36.5 Å². The van der Waals surface area contributed by atoms with Crippen LogP contribution in [0.4, 0.5) is 0 Å². The molecule has 0 bridgehead atoms.